The van der Waals surface area contributed by atoms with Gasteiger partial charge in [-0.1, -0.05) is 16.9 Å². The SMILES string of the molecule is CC(SS)c1ccc(C2CC(=O)N(C)C2)cn1. The zero-order valence-corrected chi connectivity index (χ0v) is 11.7. The van der Waals surface area contributed by atoms with E-state index in [9.17, 15) is 4.79 Å². The number of carbonyl (C=O) groups is 1. The molecule has 2 atom stereocenters. The Morgan fingerprint density at radius 3 is 2.82 bits per heavy atom. The molecule has 1 saturated heterocycles. The molecule has 2 heterocycles. The minimum absolute atomic E-state index is 0.221. The molecule has 1 aliphatic rings. The summed E-state index contributed by atoms with van der Waals surface area (Å²) in [6.07, 6.45) is 2.50. The first-order valence-electron chi connectivity index (χ1n) is 5.62. The molecule has 2 rings (SSSR count). The van der Waals surface area contributed by atoms with E-state index in [2.05, 4.69) is 29.6 Å². The monoisotopic (exact) mass is 268 g/mol. The van der Waals surface area contributed by atoms with Crippen LogP contribution in [0.4, 0.5) is 0 Å². The molecule has 1 fully saturated rings. The van der Waals surface area contributed by atoms with Crippen molar-refractivity contribution in [2.45, 2.75) is 24.5 Å². The molecule has 0 saturated carbocycles. The summed E-state index contributed by atoms with van der Waals surface area (Å²) in [7, 11) is 3.34. The van der Waals surface area contributed by atoms with E-state index in [1.807, 2.05) is 19.3 Å². The Kier molecular flexibility index (Phi) is 3.99. The van der Waals surface area contributed by atoms with Crippen molar-refractivity contribution in [3.8, 4) is 0 Å². The second-order valence-corrected chi connectivity index (χ2v) is 5.99. The average Bonchev–Trinajstić information content (AvgIpc) is 2.69. The molecule has 1 aromatic rings. The maximum absolute atomic E-state index is 11.5. The highest BCUT2D eigenvalue weighted by Crippen LogP contribution is 2.31. The van der Waals surface area contributed by atoms with Gasteiger partial charge < -0.3 is 4.90 Å². The van der Waals surface area contributed by atoms with Gasteiger partial charge in [0.1, 0.15) is 0 Å². The Hall–Kier alpha value is -0.680. The molecule has 1 amide bonds. The lowest BCUT2D eigenvalue weighted by atomic mass is 10.00. The quantitative estimate of drug-likeness (QED) is 0.676. The van der Waals surface area contributed by atoms with Crippen LogP contribution < -0.4 is 0 Å². The lowest BCUT2D eigenvalue weighted by molar-refractivity contribution is -0.126. The van der Waals surface area contributed by atoms with E-state index in [0.29, 0.717) is 17.6 Å². The van der Waals surface area contributed by atoms with Crippen molar-refractivity contribution < 1.29 is 4.79 Å². The van der Waals surface area contributed by atoms with Crippen molar-refractivity contribution in [2.24, 2.45) is 0 Å². The van der Waals surface area contributed by atoms with E-state index in [1.54, 1.807) is 4.90 Å². The normalized spacial score (nSPS) is 21.9. The largest absolute Gasteiger partial charge is 0.345 e. The van der Waals surface area contributed by atoms with E-state index >= 15 is 0 Å². The van der Waals surface area contributed by atoms with E-state index in [0.717, 1.165) is 17.8 Å². The maximum atomic E-state index is 11.5. The average molecular weight is 268 g/mol. The van der Waals surface area contributed by atoms with Crippen molar-refractivity contribution >= 4 is 28.4 Å². The molecule has 0 aromatic carbocycles. The van der Waals surface area contributed by atoms with Crippen molar-refractivity contribution in [1.29, 1.82) is 0 Å². The topological polar surface area (TPSA) is 33.2 Å². The number of rotatable bonds is 3. The summed E-state index contributed by atoms with van der Waals surface area (Å²) in [5.41, 5.74) is 2.19. The van der Waals surface area contributed by atoms with Gasteiger partial charge in [-0.3, -0.25) is 9.78 Å². The molecule has 3 nitrogen and oxygen atoms in total. The molecule has 0 spiro atoms. The minimum atomic E-state index is 0.221. The van der Waals surface area contributed by atoms with Crippen LogP contribution in [0.3, 0.4) is 0 Å². The second-order valence-electron chi connectivity index (χ2n) is 4.44. The second kappa shape index (κ2) is 5.31. The molecule has 2 unspecified atom stereocenters. The summed E-state index contributed by atoms with van der Waals surface area (Å²) in [5, 5.41) is 0.292. The van der Waals surface area contributed by atoms with Crippen LogP contribution in [0.15, 0.2) is 18.3 Å². The Labute approximate surface area is 111 Å². The zero-order valence-electron chi connectivity index (χ0n) is 9.96. The van der Waals surface area contributed by atoms with Gasteiger partial charge in [0.25, 0.3) is 0 Å². The number of nitrogens with zero attached hydrogens (tertiary/aromatic N) is 2. The fourth-order valence-corrected chi connectivity index (χ4v) is 2.61. The molecule has 1 aliphatic heterocycles. The van der Waals surface area contributed by atoms with Crippen molar-refractivity contribution in [3.05, 3.63) is 29.6 Å². The summed E-state index contributed by atoms with van der Waals surface area (Å²) < 4.78 is 0. The van der Waals surface area contributed by atoms with Gasteiger partial charge in [-0.05, 0) is 18.6 Å². The molecular formula is C12H16N2OS2. The van der Waals surface area contributed by atoms with E-state index < -0.39 is 0 Å². The van der Waals surface area contributed by atoms with Crippen LogP contribution >= 0.6 is 22.5 Å². The number of thiol groups is 1. The summed E-state index contributed by atoms with van der Waals surface area (Å²) in [6, 6.07) is 4.12. The predicted octanol–water partition coefficient (Wildman–Crippen LogP) is 2.67. The Morgan fingerprint density at radius 2 is 2.35 bits per heavy atom. The minimum Gasteiger partial charge on any atom is -0.345 e. The van der Waals surface area contributed by atoms with Crippen LogP contribution in [-0.2, 0) is 4.79 Å². The van der Waals surface area contributed by atoms with Gasteiger partial charge in [0.05, 0.1) is 10.9 Å². The molecule has 0 aliphatic carbocycles. The van der Waals surface area contributed by atoms with Gasteiger partial charge in [-0.15, -0.1) is 11.7 Å². The number of likely N-dealkylation sites (N-methyl/N-ethyl adjacent to an activating group) is 1. The Bertz CT molecular complexity index is 407. The van der Waals surface area contributed by atoms with Crippen molar-refractivity contribution in [3.63, 3.8) is 0 Å². The van der Waals surface area contributed by atoms with E-state index in [-0.39, 0.29) is 5.91 Å². The third kappa shape index (κ3) is 2.77. The first kappa shape index (κ1) is 12.8. The Morgan fingerprint density at radius 1 is 1.59 bits per heavy atom. The summed E-state index contributed by atoms with van der Waals surface area (Å²) >= 11 is 4.19. The number of likely N-dealkylation sites (tertiary alicyclic amines) is 1. The lowest BCUT2D eigenvalue weighted by Gasteiger charge is -2.12. The standard InChI is InChI=1S/C12H16N2OS2/c1-8(17-16)11-4-3-9(6-13-11)10-5-12(15)14(2)7-10/h3-4,6,8,10,16H,5,7H2,1-2H3. The highest BCUT2D eigenvalue weighted by molar-refractivity contribution is 8.68. The fraction of sp³-hybridized carbons (Fsp3) is 0.500. The van der Waals surface area contributed by atoms with Crippen LogP contribution in [0, 0.1) is 0 Å². The lowest BCUT2D eigenvalue weighted by Crippen LogP contribution is -2.18. The van der Waals surface area contributed by atoms with Crippen LogP contribution in [0.2, 0.25) is 0 Å². The van der Waals surface area contributed by atoms with Crippen LogP contribution in [-0.4, -0.2) is 29.4 Å². The number of pyridine rings is 1. The molecule has 5 heteroatoms. The van der Waals surface area contributed by atoms with E-state index in [4.69, 9.17) is 0 Å². The number of hydrogen-bond acceptors (Lipinski definition) is 4. The van der Waals surface area contributed by atoms with Gasteiger partial charge in [0, 0.05) is 32.1 Å². The molecule has 0 N–H and O–H groups in total. The van der Waals surface area contributed by atoms with Crippen molar-refractivity contribution in [2.75, 3.05) is 13.6 Å². The predicted molar refractivity (Wildman–Crippen MR) is 74.2 cm³/mol. The molecule has 17 heavy (non-hydrogen) atoms. The Balaban J connectivity index is 2.11. The molecule has 92 valence electrons. The fourth-order valence-electron chi connectivity index (χ4n) is 2.04. The molecule has 0 radical (unpaired) electrons. The zero-order chi connectivity index (χ0) is 12.4. The number of amides is 1. The first-order valence-corrected chi connectivity index (χ1v) is 7.55. The first-order chi connectivity index (χ1) is 8.11. The molecule has 0 bridgehead atoms. The number of carbonyl (C=O) groups excluding carboxylic acids is 1. The third-order valence-electron chi connectivity index (χ3n) is 3.20. The highest BCUT2D eigenvalue weighted by atomic mass is 33.1. The molecule has 1 aromatic heterocycles. The van der Waals surface area contributed by atoms with Crippen LogP contribution in [0.5, 0.6) is 0 Å². The van der Waals surface area contributed by atoms with Crippen LogP contribution in [0.25, 0.3) is 0 Å². The van der Waals surface area contributed by atoms with Crippen LogP contribution in [0.1, 0.15) is 35.8 Å². The summed E-state index contributed by atoms with van der Waals surface area (Å²) in [4.78, 5) is 17.7. The highest BCUT2D eigenvalue weighted by Gasteiger charge is 2.28. The number of hydrogen-bond donors (Lipinski definition) is 1. The summed E-state index contributed by atoms with van der Waals surface area (Å²) in [5.74, 6) is 0.520. The van der Waals surface area contributed by atoms with Gasteiger partial charge in [0.2, 0.25) is 5.91 Å². The number of aromatic nitrogens is 1. The maximum Gasteiger partial charge on any atom is 0.223 e. The van der Waals surface area contributed by atoms with E-state index in [1.165, 1.54) is 10.8 Å². The van der Waals surface area contributed by atoms with Gasteiger partial charge in [-0.2, -0.15) is 0 Å². The van der Waals surface area contributed by atoms with Gasteiger partial charge >= 0.3 is 0 Å². The van der Waals surface area contributed by atoms with Gasteiger partial charge in [0.15, 0.2) is 0 Å². The third-order valence-corrected chi connectivity index (χ3v) is 4.70. The van der Waals surface area contributed by atoms with Gasteiger partial charge in [-0.25, -0.2) is 0 Å². The van der Waals surface area contributed by atoms with Crippen molar-refractivity contribution in [1.82, 2.24) is 9.88 Å². The molecular weight excluding hydrogens is 252 g/mol. The summed E-state index contributed by atoms with van der Waals surface area (Å²) in [6.45, 7) is 2.88. The smallest absolute Gasteiger partial charge is 0.223 e.